The molecule has 72 valence electrons. The van der Waals surface area contributed by atoms with Gasteiger partial charge < -0.3 is 10.3 Å². The minimum Gasteiger partial charge on any atom is -0.342 e. The fraction of sp³-hybridized carbons (Fsp3) is 0.111. The Labute approximate surface area is 88.9 Å². The number of hydrogen-bond donors (Lipinski definition) is 2. The molecule has 2 rings (SSSR count). The zero-order chi connectivity index (χ0) is 10.1. The monoisotopic (exact) mass is 253 g/mol. The summed E-state index contributed by atoms with van der Waals surface area (Å²) in [6.07, 6.45) is 0. The van der Waals surface area contributed by atoms with Crippen LogP contribution in [0.3, 0.4) is 0 Å². The third-order valence-corrected chi connectivity index (χ3v) is 2.04. The van der Waals surface area contributed by atoms with Crippen molar-refractivity contribution in [3.05, 3.63) is 24.0 Å². The average molecular weight is 254 g/mol. The number of anilines is 1. The van der Waals surface area contributed by atoms with Gasteiger partial charge in [-0.1, -0.05) is 0 Å². The molecule has 0 fully saturated rings. The van der Waals surface area contributed by atoms with Gasteiger partial charge in [-0.25, -0.2) is 4.98 Å². The summed E-state index contributed by atoms with van der Waals surface area (Å²) in [6, 6.07) is 5.51. The Morgan fingerprint density at radius 2 is 2.36 bits per heavy atom. The van der Waals surface area contributed by atoms with E-state index in [1.807, 2.05) is 25.1 Å². The van der Waals surface area contributed by atoms with Crippen molar-refractivity contribution in [1.29, 1.82) is 0 Å². The van der Waals surface area contributed by atoms with Gasteiger partial charge in [-0.15, -0.1) is 0 Å². The number of hydrogen-bond acceptors (Lipinski definition) is 2. The summed E-state index contributed by atoms with van der Waals surface area (Å²) in [6.45, 7) is 1.89. The van der Waals surface area contributed by atoms with Gasteiger partial charge in [-0.05, 0) is 25.1 Å². The van der Waals surface area contributed by atoms with Gasteiger partial charge in [-0.2, -0.15) is 0 Å². The zero-order valence-corrected chi connectivity index (χ0v) is 9.05. The number of aryl methyl sites for hydroxylation is 1. The Morgan fingerprint density at radius 1 is 1.57 bits per heavy atom. The van der Waals surface area contributed by atoms with Crippen LogP contribution >= 0.6 is 15.9 Å². The summed E-state index contributed by atoms with van der Waals surface area (Å²) in [5, 5.41) is 2.64. The lowest BCUT2D eigenvalue weighted by atomic mass is 10.3. The first kappa shape index (κ1) is 9.21. The van der Waals surface area contributed by atoms with Crippen LogP contribution in [0, 0.1) is 6.92 Å². The maximum atomic E-state index is 10.7. The van der Waals surface area contributed by atoms with Gasteiger partial charge in [0.2, 0.25) is 0 Å². The van der Waals surface area contributed by atoms with Crippen LogP contribution in [0.2, 0.25) is 0 Å². The van der Waals surface area contributed by atoms with Crippen molar-refractivity contribution >= 4 is 37.5 Å². The second kappa shape index (κ2) is 3.42. The first-order valence-electron chi connectivity index (χ1n) is 4.08. The van der Waals surface area contributed by atoms with E-state index in [4.69, 9.17) is 0 Å². The van der Waals surface area contributed by atoms with Crippen molar-refractivity contribution in [3.63, 3.8) is 0 Å². The summed E-state index contributed by atoms with van der Waals surface area (Å²) in [5.74, 6) is 0.863. The number of carbonyl (C=O) groups is 1. The molecule has 1 aromatic carbocycles. The number of benzene rings is 1. The maximum Gasteiger partial charge on any atom is 0.291 e. The first-order chi connectivity index (χ1) is 6.65. The molecule has 0 spiro atoms. The van der Waals surface area contributed by atoms with E-state index in [2.05, 4.69) is 31.2 Å². The largest absolute Gasteiger partial charge is 0.342 e. The molecule has 1 heterocycles. The second-order valence-electron chi connectivity index (χ2n) is 2.95. The van der Waals surface area contributed by atoms with Gasteiger partial charge in [0.1, 0.15) is 5.82 Å². The molecule has 0 aliphatic heterocycles. The molecule has 0 atom stereocenters. The minimum absolute atomic E-state index is 0.256. The number of rotatable bonds is 1. The Balaban J connectivity index is 2.45. The van der Waals surface area contributed by atoms with Crippen LogP contribution in [0.1, 0.15) is 5.82 Å². The van der Waals surface area contributed by atoms with E-state index in [9.17, 15) is 4.79 Å². The summed E-state index contributed by atoms with van der Waals surface area (Å²) in [5.41, 5.74) is 2.55. The molecule has 0 aliphatic carbocycles. The molecule has 1 amide bonds. The summed E-state index contributed by atoms with van der Waals surface area (Å²) < 4.78 is 0. The van der Waals surface area contributed by atoms with Crippen LogP contribution in [0.25, 0.3) is 11.0 Å². The number of nitrogens with zero attached hydrogens (tertiary/aromatic N) is 1. The summed E-state index contributed by atoms with van der Waals surface area (Å²) in [7, 11) is 0. The third kappa shape index (κ3) is 1.77. The highest BCUT2D eigenvalue weighted by Crippen LogP contribution is 2.17. The van der Waals surface area contributed by atoms with Crippen molar-refractivity contribution in [3.8, 4) is 0 Å². The SMILES string of the molecule is Cc1nc2ccc(NC(=O)Br)cc2[nH]1. The highest BCUT2D eigenvalue weighted by molar-refractivity contribution is 9.18. The Morgan fingerprint density at radius 3 is 3.07 bits per heavy atom. The highest BCUT2D eigenvalue weighted by Gasteiger charge is 2.01. The molecule has 4 nitrogen and oxygen atoms in total. The van der Waals surface area contributed by atoms with E-state index in [-0.39, 0.29) is 4.82 Å². The predicted octanol–water partition coefficient (Wildman–Crippen LogP) is 2.80. The smallest absolute Gasteiger partial charge is 0.291 e. The number of aromatic amines is 1. The molecule has 0 saturated heterocycles. The van der Waals surface area contributed by atoms with Crippen molar-refractivity contribution in [2.45, 2.75) is 6.92 Å². The lowest BCUT2D eigenvalue weighted by molar-refractivity contribution is 0.270. The number of amides is 1. The van der Waals surface area contributed by atoms with Crippen LogP contribution in [0.5, 0.6) is 0 Å². The number of imidazole rings is 1. The third-order valence-electron chi connectivity index (χ3n) is 1.84. The minimum atomic E-state index is -0.256. The Kier molecular flexibility index (Phi) is 2.25. The molecule has 0 unspecified atom stereocenters. The zero-order valence-electron chi connectivity index (χ0n) is 7.47. The summed E-state index contributed by atoms with van der Waals surface area (Å²) >= 11 is 2.80. The van der Waals surface area contributed by atoms with Gasteiger partial charge >= 0.3 is 0 Å². The van der Waals surface area contributed by atoms with Crippen molar-refractivity contribution in [2.75, 3.05) is 5.32 Å². The van der Waals surface area contributed by atoms with E-state index in [0.29, 0.717) is 0 Å². The summed E-state index contributed by atoms with van der Waals surface area (Å²) in [4.78, 5) is 17.8. The number of fused-ring (bicyclic) bond motifs is 1. The fourth-order valence-corrected chi connectivity index (χ4v) is 1.56. The number of H-pyrrole nitrogens is 1. The topological polar surface area (TPSA) is 57.8 Å². The molecule has 14 heavy (non-hydrogen) atoms. The molecule has 2 N–H and O–H groups in total. The number of aromatic nitrogens is 2. The van der Waals surface area contributed by atoms with Crippen molar-refractivity contribution in [2.24, 2.45) is 0 Å². The number of halogens is 1. The van der Waals surface area contributed by atoms with Crippen molar-refractivity contribution < 1.29 is 4.79 Å². The quantitative estimate of drug-likeness (QED) is 0.607. The maximum absolute atomic E-state index is 10.7. The number of nitrogens with one attached hydrogen (secondary N) is 2. The van der Waals surface area contributed by atoms with E-state index < -0.39 is 0 Å². The van der Waals surface area contributed by atoms with Gasteiger partial charge in [-0.3, -0.25) is 4.79 Å². The van der Waals surface area contributed by atoms with Crippen LogP contribution in [-0.4, -0.2) is 14.8 Å². The van der Waals surface area contributed by atoms with E-state index in [0.717, 1.165) is 22.5 Å². The molecule has 0 saturated carbocycles. The molecular formula is C9H8BrN3O. The first-order valence-corrected chi connectivity index (χ1v) is 4.87. The Bertz CT molecular complexity index is 492. The standard InChI is InChI=1S/C9H8BrN3O/c1-5-11-7-3-2-6(13-9(10)14)4-8(7)12-5/h2-4H,1H3,(H,11,12)(H,13,14). The van der Waals surface area contributed by atoms with Crippen molar-refractivity contribution in [1.82, 2.24) is 9.97 Å². The number of carbonyl (C=O) groups excluding carboxylic acids is 1. The molecule has 2 aromatic rings. The highest BCUT2D eigenvalue weighted by atomic mass is 79.9. The van der Waals surface area contributed by atoms with Crippen LogP contribution in [0.15, 0.2) is 18.2 Å². The second-order valence-corrected chi connectivity index (χ2v) is 3.67. The Hall–Kier alpha value is -1.36. The molecule has 5 heteroatoms. The van der Waals surface area contributed by atoms with Crippen LogP contribution < -0.4 is 5.32 Å². The molecule has 0 aliphatic rings. The lowest BCUT2D eigenvalue weighted by Gasteiger charge is -1.99. The van der Waals surface area contributed by atoms with Gasteiger partial charge in [0, 0.05) is 21.6 Å². The normalized spacial score (nSPS) is 10.4. The molecule has 0 radical (unpaired) electrons. The van der Waals surface area contributed by atoms with Crippen LogP contribution in [0.4, 0.5) is 10.5 Å². The lowest BCUT2D eigenvalue weighted by Crippen LogP contribution is -1.99. The van der Waals surface area contributed by atoms with E-state index in [1.54, 1.807) is 0 Å². The van der Waals surface area contributed by atoms with Gasteiger partial charge in [0.25, 0.3) is 4.82 Å². The fourth-order valence-electron chi connectivity index (χ4n) is 1.33. The predicted molar refractivity (Wildman–Crippen MR) is 58.8 cm³/mol. The average Bonchev–Trinajstić information content (AvgIpc) is 2.42. The van der Waals surface area contributed by atoms with E-state index >= 15 is 0 Å². The molecule has 0 bridgehead atoms. The van der Waals surface area contributed by atoms with Gasteiger partial charge in [0.05, 0.1) is 11.0 Å². The van der Waals surface area contributed by atoms with Crippen LogP contribution in [-0.2, 0) is 0 Å². The molecular weight excluding hydrogens is 246 g/mol. The molecule has 1 aromatic heterocycles. The van der Waals surface area contributed by atoms with Gasteiger partial charge in [0.15, 0.2) is 0 Å². The van der Waals surface area contributed by atoms with E-state index in [1.165, 1.54) is 0 Å².